The van der Waals surface area contributed by atoms with Gasteiger partial charge < -0.3 is 0 Å². The Morgan fingerprint density at radius 2 is 1.90 bits per heavy atom. The summed E-state index contributed by atoms with van der Waals surface area (Å²) in [5.74, 6) is 2.49. The maximum atomic E-state index is 12.5. The summed E-state index contributed by atoms with van der Waals surface area (Å²) in [7, 11) is -3.61. The molecule has 2 aromatic carbocycles. The molecule has 0 radical (unpaired) electrons. The number of benzene rings is 2. The highest BCUT2D eigenvalue weighted by Gasteiger charge is 2.20. The minimum Gasteiger partial charge on any atom is -0.207 e. The molecule has 1 atom stereocenters. The van der Waals surface area contributed by atoms with Crippen LogP contribution < -0.4 is 4.72 Å². The molecule has 0 saturated carbocycles. The van der Waals surface area contributed by atoms with Crippen LogP contribution in [0.5, 0.6) is 0 Å². The number of sulfonamides is 1. The summed E-state index contributed by atoms with van der Waals surface area (Å²) in [4.78, 5) is 0.270. The van der Waals surface area contributed by atoms with Gasteiger partial charge in [-0.1, -0.05) is 55.7 Å². The van der Waals surface area contributed by atoms with E-state index in [2.05, 4.69) is 10.6 Å². The minimum absolute atomic E-state index is 0.270. The van der Waals surface area contributed by atoms with E-state index < -0.39 is 16.1 Å². The van der Waals surface area contributed by atoms with Crippen molar-refractivity contribution in [3.63, 3.8) is 0 Å². The number of hydrogen-bond acceptors (Lipinski definition) is 2. The lowest BCUT2D eigenvalue weighted by molar-refractivity contribution is 0.565. The monoisotopic (exact) mass is 287 g/mol. The van der Waals surface area contributed by atoms with E-state index >= 15 is 0 Å². The van der Waals surface area contributed by atoms with E-state index in [0.717, 1.165) is 11.8 Å². The van der Waals surface area contributed by atoms with Gasteiger partial charge in [-0.2, -0.15) is 4.72 Å². The zero-order valence-electron chi connectivity index (χ0n) is 11.3. The molecular weight excluding hydrogens is 270 g/mol. The average molecular weight is 287 g/mol. The third-order valence-electron chi connectivity index (χ3n) is 3.12. The Balaban J connectivity index is 2.45. The summed E-state index contributed by atoms with van der Waals surface area (Å²) in [6.45, 7) is 1.97. The number of hydrogen-bond donors (Lipinski definition) is 1. The molecule has 2 rings (SSSR count). The fraction of sp³-hybridized carbons (Fsp3) is 0.250. The van der Waals surface area contributed by atoms with E-state index in [4.69, 9.17) is 6.42 Å². The lowest BCUT2D eigenvalue weighted by Crippen LogP contribution is -2.33. The summed E-state index contributed by atoms with van der Waals surface area (Å²) < 4.78 is 27.6. The van der Waals surface area contributed by atoms with Crippen LogP contribution in [0.25, 0.3) is 10.8 Å². The minimum atomic E-state index is -3.61. The first kappa shape index (κ1) is 14.6. The van der Waals surface area contributed by atoms with Gasteiger partial charge in [0.25, 0.3) is 0 Å². The van der Waals surface area contributed by atoms with Crippen molar-refractivity contribution >= 4 is 20.8 Å². The fourth-order valence-corrected chi connectivity index (χ4v) is 3.57. The van der Waals surface area contributed by atoms with Crippen molar-refractivity contribution in [3.05, 3.63) is 42.5 Å². The molecule has 0 spiro atoms. The Morgan fingerprint density at radius 3 is 2.60 bits per heavy atom. The molecule has 1 N–H and O–H groups in total. The van der Waals surface area contributed by atoms with Gasteiger partial charge in [-0.3, -0.25) is 0 Å². The van der Waals surface area contributed by atoms with Gasteiger partial charge in [0, 0.05) is 5.39 Å². The first-order valence-corrected chi connectivity index (χ1v) is 8.03. The summed E-state index contributed by atoms with van der Waals surface area (Å²) in [6, 6.07) is 12.2. The quantitative estimate of drug-likeness (QED) is 0.859. The van der Waals surface area contributed by atoms with E-state index in [1.165, 1.54) is 0 Å². The van der Waals surface area contributed by atoms with Crippen LogP contribution in [0.4, 0.5) is 0 Å². The van der Waals surface area contributed by atoms with Crippen molar-refractivity contribution in [2.75, 3.05) is 0 Å². The van der Waals surface area contributed by atoms with Gasteiger partial charge in [0.15, 0.2) is 0 Å². The molecule has 3 nitrogen and oxygen atoms in total. The zero-order chi connectivity index (χ0) is 14.6. The Kier molecular flexibility index (Phi) is 4.43. The molecule has 104 valence electrons. The maximum Gasteiger partial charge on any atom is 0.242 e. The molecule has 4 heteroatoms. The van der Waals surface area contributed by atoms with Crippen LogP contribution in [0.2, 0.25) is 0 Å². The number of fused-ring (bicyclic) bond motifs is 1. The van der Waals surface area contributed by atoms with Crippen LogP contribution in [-0.4, -0.2) is 14.5 Å². The van der Waals surface area contributed by atoms with Crippen molar-refractivity contribution in [2.24, 2.45) is 0 Å². The van der Waals surface area contributed by atoms with Gasteiger partial charge in [-0.05, 0) is 17.9 Å². The van der Waals surface area contributed by atoms with E-state index in [9.17, 15) is 8.42 Å². The Morgan fingerprint density at radius 1 is 1.20 bits per heavy atom. The van der Waals surface area contributed by atoms with E-state index in [-0.39, 0.29) is 4.90 Å². The Labute approximate surface area is 120 Å². The smallest absolute Gasteiger partial charge is 0.207 e. The molecule has 0 heterocycles. The van der Waals surface area contributed by atoms with E-state index in [1.54, 1.807) is 18.2 Å². The van der Waals surface area contributed by atoms with Crippen LogP contribution in [0.15, 0.2) is 47.4 Å². The first-order chi connectivity index (χ1) is 9.58. The SMILES string of the molecule is C#CC(CCC)NS(=O)(=O)c1cccc2ccccc12. The van der Waals surface area contributed by atoms with Gasteiger partial charge in [0.1, 0.15) is 0 Å². The molecule has 2 aromatic rings. The van der Waals surface area contributed by atoms with Crippen LogP contribution in [0.1, 0.15) is 19.8 Å². The van der Waals surface area contributed by atoms with Gasteiger partial charge in [0.05, 0.1) is 10.9 Å². The van der Waals surface area contributed by atoms with Crippen LogP contribution in [0, 0.1) is 12.3 Å². The predicted octanol–water partition coefficient (Wildman–Crippen LogP) is 2.92. The third-order valence-corrected chi connectivity index (χ3v) is 4.64. The normalized spacial score (nSPS) is 13.0. The molecule has 0 fully saturated rings. The maximum absolute atomic E-state index is 12.5. The van der Waals surface area contributed by atoms with Crippen molar-refractivity contribution in [2.45, 2.75) is 30.7 Å². The standard InChI is InChI=1S/C16H17NO2S/c1-3-8-14(4-2)17-20(18,19)16-12-7-10-13-9-5-6-11-15(13)16/h2,5-7,9-12,14,17H,3,8H2,1H3. The van der Waals surface area contributed by atoms with Crippen LogP contribution in [0.3, 0.4) is 0 Å². The molecule has 1 unspecified atom stereocenters. The molecule has 0 aliphatic rings. The summed E-state index contributed by atoms with van der Waals surface area (Å²) in [5.41, 5.74) is 0. The summed E-state index contributed by atoms with van der Waals surface area (Å²) in [6.07, 6.45) is 6.83. The molecule has 20 heavy (non-hydrogen) atoms. The molecule has 0 aliphatic carbocycles. The predicted molar refractivity (Wildman–Crippen MR) is 81.8 cm³/mol. The van der Waals surface area contributed by atoms with Gasteiger partial charge in [-0.15, -0.1) is 6.42 Å². The van der Waals surface area contributed by atoms with E-state index in [1.807, 2.05) is 31.2 Å². The average Bonchev–Trinajstić information content (AvgIpc) is 2.46. The second-order valence-corrected chi connectivity index (χ2v) is 6.29. The van der Waals surface area contributed by atoms with Crippen LogP contribution in [-0.2, 0) is 10.0 Å². The van der Waals surface area contributed by atoms with Gasteiger partial charge in [-0.25, -0.2) is 8.42 Å². The summed E-state index contributed by atoms with van der Waals surface area (Å²) >= 11 is 0. The van der Waals surface area contributed by atoms with Crippen molar-refractivity contribution in [1.29, 1.82) is 0 Å². The third kappa shape index (κ3) is 3.01. The van der Waals surface area contributed by atoms with Crippen molar-refractivity contribution in [1.82, 2.24) is 4.72 Å². The summed E-state index contributed by atoms with van der Waals surface area (Å²) in [5, 5.41) is 1.60. The second-order valence-electron chi connectivity index (χ2n) is 4.61. The molecule has 0 aliphatic heterocycles. The van der Waals surface area contributed by atoms with Crippen molar-refractivity contribution in [3.8, 4) is 12.3 Å². The van der Waals surface area contributed by atoms with Gasteiger partial charge >= 0.3 is 0 Å². The van der Waals surface area contributed by atoms with Gasteiger partial charge in [0.2, 0.25) is 10.0 Å². The zero-order valence-corrected chi connectivity index (χ0v) is 12.2. The Bertz CT molecular complexity index is 739. The molecule has 0 amide bonds. The molecule has 0 aromatic heterocycles. The highest BCUT2D eigenvalue weighted by atomic mass is 32.2. The molecule has 0 bridgehead atoms. The van der Waals surface area contributed by atoms with Crippen LogP contribution >= 0.6 is 0 Å². The Hall–Kier alpha value is -1.83. The topological polar surface area (TPSA) is 46.2 Å². The second kappa shape index (κ2) is 6.08. The lowest BCUT2D eigenvalue weighted by Gasteiger charge is -2.14. The largest absolute Gasteiger partial charge is 0.242 e. The number of nitrogens with one attached hydrogen (secondary N) is 1. The number of rotatable bonds is 5. The molecule has 0 saturated heterocycles. The lowest BCUT2D eigenvalue weighted by atomic mass is 10.1. The van der Waals surface area contributed by atoms with Crippen molar-refractivity contribution < 1.29 is 8.42 Å². The highest BCUT2D eigenvalue weighted by Crippen LogP contribution is 2.22. The fourth-order valence-electron chi connectivity index (χ4n) is 2.15. The first-order valence-electron chi connectivity index (χ1n) is 6.54. The van der Waals surface area contributed by atoms with E-state index in [0.29, 0.717) is 11.8 Å². The highest BCUT2D eigenvalue weighted by molar-refractivity contribution is 7.89. The number of terminal acetylenes is 1. The molecular formula is C16H17NO2S.